The van der Waals surface area contributed by atoms with Gasteiger partial charge in [-0.2, -0.15) is 5.10 Å². The van der Waals surface area contributed by atoms with Crippen LogP contribution in [0.3, 0.4) is 0 Å². The Hall–Kier alpha value is -2.59. The van der Waals surface area contributed by atoms with Gasteiger partial charge in [0.2, 0.25) is 11.0 Å². The number of aromatic nitrogens is 5. The number of benzene rings is 1. The predicted octanol–water partition coefficient (Wildman–Crippen LogP) is 4.40. The summed E-state index contributed by atoms with van der Waals surface area (Å²) in [5, 5.41) is 19.7. The fourth-order valence-corrected chi connectivity index (χ4v) is 4.22. The van der Waals surface area contributed by atoms with E-state index in [2.05, 4.69) is 39.6 Å². The smallest absolute Gasteiger partial charge is 0.227 e. The van der Waals surface area contributed by atoms with E-state index in [1.165, 1.54) is 11.3 Å². The molecule has 3 aromatic rings. The molecule has 0 aliphatic rings. The number of carbonyl (C=O) groups is 1. The minimum Gasteiger partial charge on any atom is -0.497 e. The van der Waals surface area contributed by atoms with Crippen molar-refractivity contribution < 1.29 is 9.53 Å². The maximum atomic E-state index is 12.4. The van der Waals surface area contributed by atoms with Crippen molar-refractivity contribution in [1.82, 2.24) is 25.0 Å². The maximum Gasteiger partial charge on any atom is 0.227 e. The topological polar surface area (TPSA) is 97.7 Å². The van der Waals surface area contributed by atoms with Gasteiger partial charge in [-0.3, -0.25) is 14.5 Å². The Morgan fingerprint density at radius 2 is 2.00 bits per heavy atom. The molecular formula is C19H24N6O2S2. The lowest BCUT2D eigenvalue weighted by atomic mass is 10.1. The average Bonchev–Trinajstić information content (AvgIpc) is 3.34. The molecule has 0 saturated carbocycles. The number of ether oxygens (including phenoxy) is 1. The van der Waals surface area contributed by atoms with Gasteiger partial charge in [-0.15, -0.1) is 10.2 Å². The van der Waals surface area contributed by atoms with Crippen LogP contribution in [0.2, 0.25) is 0 Å². The third-order valence-electron chi connectivity index (χ3n) is 4.69. The number of amides is 1. The molecule has 29 heavy (non-hydrogen) atoms. The van der Waals surface area contributed by atoms with Gasteiger partial charge in [0.15, 0.2) is 10.6 Å². The number of H-pyrrole nitrogens is 1. The molecule has 2 heterocycles. The summed E-state index contributed by atoms with van der Waals surface area (Å²) in [6.07, 6.45) is 2.26. The Balaban J connectivity index is 1.65. The number of hydrogen-bond donors (Lipinski definition) is 2. The van der Waals surface area contributed by atoms with Crippen LogP contribution in [0.15, 0.2) is 24.3 Å². The summed E-state index contributed by atoms with van der Waals surface area (Å²) in [6.45, 7) is 4.66. The monoisotopic (exact) mass is 432 g/mol. The molecule has 3 rings (SSSR count). The molecule has 1 aromatic carbocycles. The van der Waals surface area contributed by atoms with Crippen LogP contribution in [0, 0.1) is 4.77 Å². The summed E-state index contributed by atoms with van der Waals surface area (Å²) in [6, 6.07) is 7.52. The van der Waals surface area contributed by atoms with Gasteiger partial charge in [0, 0.05) is 24.4 Å². The molecule has 0 aliphatic heterocycles. The van der Waals surface area contributed by atoms with Crippen molar-refractivity contribution in [3.63, 3.8) is 0 Å². The van der Waals surface area contributed by atoms with Gasteiger partial charge in [0.1, 0.15) is 10.8 Å². The summed E-state index contributed by atoms with van der Waals surface area (Å²) in [7, 11) is 1.62. The molecule has 0 fully saturated rings. The first-order chi connectivity index (χ1) is 14.0. The summed E-state index contributed by atoms with van der Waals surface area (Å²) in [5.74, 6) is 1.69. The minimum atomic E-state index is -0.138. The zero-order valence-electron chi connectivity index (χ0n) is 16.6. The third kappa shape index (κ3) is 5.07. The molecule has 0 atom stereocenters. The van der Waals surface area contributed by atoms with Crippen molar-refractivity contribution in [1.29, 1.82) is 0 Å². The zero-order valence-corrected chi connectivity index (χ0v) is 18.3. The van der Waals surface area contributed by atoms with Crippen molar-refractivity contribution in [3.05, 3.63) is 34.0 Å². The number of hydrogen-bond acceptors (Lipinski definition) is 7. The lowest BCUT2D eigenvalue weighted by Gasteiger charge is -2.08. The number of aromatic amines is 1. The zero-order chi connectivity index (χ0) is 20.8. The van der Waals surface area contributed by atoms with Crippen molar-refractivity contribution >= 4 is 34.6 Å². The van der Waals surface area contributed by atoms with E-state index < -0.39 is 0 Å². The standard InChI is InChI=1S/C19H24N6O2S2/c1-4-12(5-2)17-22-23-18(29-17)20-15(26)10-11-25-16(21-24-19(25)28)13-6-8-14(27-3)9-7-13/h6-9,12H,4-5,10-11H2,1-3H3,(H,24,28)(H,20,23,26). The van der Waals surface area contributed by atoms with Gasteiger partial charge in [0.25, 0.3) is 0 Å². The normalized spacial score (nSPS) is 11.0. The summed E-state index contributed by atoms with van der Waals surface area (Å²) >= 11 is 6.77. The number of rotatable bonds is 9. The van der Waals surface area contributed by atoms with E-state index in [1.807, 2.05) is 28.8 Å². The molecule has 0 radical (unpaired) electrons. The molecule has 2 aromatic heterocycles. The van der Waals surface area contributed by atoms with Crippen LogP contribution < -0.4 is 10.1 Å². The molecular weight excluding hydrogens is 408 g/mol. The van der Waals surface area contributed by atoms with E-state index in [0.717, 1.165) is 29.2 Å². The number of anilines is 1. The molecule has 1 amide bonds. The van der Waals surface area contributed by atoms with E-state index in [-0.39, 0.29) is 12.3 Å². The molecule has 154 valence electrons. The highest BCUT2D eigenvalue weighted by Gasteiger charge is 2.15. The van der Waals surface area contributed by atoms with Crippen molar-refractivity contribution in [3.8, 4) is 17.1 Å². The van der Waals surface area contributed by atoms with Crippen LogP contribution >= 0.6 is 23.6 Å². The molecule has 8 nitrogen and oxygen atoms in total. The summed E-state index contributed by atoms with van der Waals surface area (Å²) in [5.41, 5.74) is 0.887. The van der Waals surface area contributed by atoms with Gasteiger partial charge in [-0.1, -0.05) is 25.2 Å². The minimum absolute atomic E-state index is 0.138. The Kier molecular flexibility index (Phi) is 7.10. The highest BCUT2D eigenvalue weighted by Crippen LogP contribution is 2.28. The first-order valence-corrected chi connectivity index (χ1v) is 10.7. The molecule has 0 spiro atoms. The van der Waals surface area contributed by atoms with Crippen LogP contribution in [0.5, 0.6) is 5.75 Å². The first kappa shape index (κ1) is 21.1. The van der Waals surface area contributed by atoms with E-state index in [4.69, 9.17) is 17.0 Å². The molecule has 10 heteroatoms. The second-order valence-corrected chi connectivity index (χ2v) is 7.89. The highest BCUT2D eigenvalue weighted by molar-refractivity contribution is 7.71. The second kappa shape index (κ2) is 9.75. The molecule has 0 saturated heterocycles. The first-order valence-electron chi connectivity index (χ1n) is 9.48. The van der Waals surface area contributed by atoms with E-state index in [9.17, 15) is 4.79 Å². The molecule has 0 bridgehead atoms. The number of nitrogens with zero attached hydrogens (tertiary/aromatic N) is 4. The van der Waals surface area contributed by atoms with Crippen molar-refractivity contribution in [2.24, 2.45) is 0 Å². The summed E-state index contributed by atoms with van der Waals surface area (Å²) in [4.78, 5) is 12.4. The Morgan fingerprint density at radius 3 is 2.66 bits per heavy atom. The third-order valence-corrected chi connectivity index (χ3v) is 6.00. The van der Waals surface area contributed by atoms with Crippen molar-refractivity contribution in [2.45, 2.75) is 45.6 Å². The van der Waals surface area contributed by atoms with E-state index >= 15 is 0 Å². The number of methoxy groups -OCH3 is 1. The fraction of sp³-hybridized carbons (Fsp3) is 0.421. The van der Waals surface area contributed by atoms with Gasteiger partial charge in [0.05, 0.1) is 7.11 Å². The Bertz CT molecular complexity index is 1000. The van der Waals surface area contributed by atoms with Crippen LogP contribution in [0.25, 0.3) is 11.4 Å². The highest BCUT2D eigenvalue weighted by atomic mass is 32.1. The quantitative estimate of drug-likeness (QED) is 0.486. The Labute approximate surface area is 178 Å². The van der Waals surface area contributed by atoms with Crippen LogP contribution in [0.4, 0.5) is 5.13 Å². The van der Waals surface area contributed by atoms with E-state index in [1.54, 1.807) is 7.11 Å². The lowest BCUT2D eigenvalue weighted by molar-refractivity contribution is -0.116. The molecule has 0 unspecified atom stereocenters. The fourth-order valence-electron chi connectivity index (χ4n) is 2.97. The number of carbonyl (C=O) groups excluding carboxylic acids is 1. The Morgan fingerprint density at radius 1 is 1.28 bits per heavy atom. The van der Waals surface area contributed by atoms with Gasteiger partial charge in [-0.05, 0) is 49.3 Å². The van der Waals surface area contributed by atoms with Crippen molar-refractivity contribution in [2.75, 3.05) is 12.4 Å². The SMILES string of the molecule is CCC(CC)c1nnc(NC(=O)CCn2c(-c3ccc(OC)cc3)n[nH]c2=S)s1. The predicted molar refractivity (Wildman–Crippen MR) is 116 cm³/mol. The second-order valence-electron chi connectivity index (χ2n) is 6.49. The average molecular weight is 433 g/mol. The molecule has 2 N–H and O–H groups in total. The van der Waals surface area contributed by atoms with Crippen LogP contribution in [0.1, 0.15) is 44.0 Å². The van der Waals surface area contributed by atoms with Gasteiger partial charge in [-0.25, -0.2) is 0 Å². The molecule has 0 aliphatic carbocycles. The number of nitrogens with one attached hydrogen (secondary N) is 2. The van der Waals surface area contributed by atoms with E-state index in [0.29, 0.717) is 28.2 Å². The van der Waals surface area contributed by atoms with Crippen LogP contribution in [-0.2, 0) is 11.3 Å². The van der Waals surface area contributed by atoms with Crippen LogP contribution in [-0.4, -0.2) is 38.0 Å². The summed E-state index contributed by atoms with van der Waals surface area (Å²) < 4.78 is 7.47. The maximum absolute atomic E-state index is 12.4. The lowest BCUT2D eigenvalue weighted by Crippen LogP contribution is -2.15. The largest absolute Gasteiger partial charge is 0.497 e. The van der Waals surface area contributed by atoms with Gasteiger partial charge >= 0.3 is 0 Å². The van der Waals surface area contributed by atoms with Gasteiger partial charge < -0.3 is 10.1 Å².